The number of amides is 1. The first-order valence-electron chi connectivity index (χ1n) is 12.0. The van der Waals surface area contributed by atoms with Crippen LogP contribution in [0.25, 0.3) is 0 Å². The molecule has 1 aliphatic rings. The van der Waals surface area contributed by atoms with E-state index in [0.29, 0.717) is 17.2 Å². The smallest absolute Gasteiger partial charge is 0.264 e. The predicted molar refractivity (Wildman–Crippen MR) is 142 cm³/mol. The predicted octanol–water partition coefficient (Wildman–Crippen LogP) is 4.14. The van der Waals surface area contributed by atoms with E-state index >= 15 is 0 Å². The van der Waals surface area contributed by atoms with Crippen LogP contribution in [0, 0.1) is 0 Å². The number of rotatable bonds is 8. The number of carbonyl (C=O) groups excluding carboxylic acids is 1. The first-order valence-corrected chi connectivity index (χ1v) is 13.5. The third-order valence-electron chi connectivity index (χ3n) is 6.05. The summed E-state index contributed by atoms with van der Waals surface area (Å²) in [5, 5.41) is 2.79. The molecule has 1 atom stereocenters. The molecule has 0 unspecified atom stereocenters. The third-order valence-corrected chi connectivity index (χ3v) is 7.84. The van der Waals surface area contributed by atoms with Gasteiger partial charge in [0.2, 0.25) is 0 Å². The van der Waals surface area contributed by atoms with Gasteiger partial charge >= 0.3 is 0 Å². The number of nitrogens with zero attached hydrogens (tertiary/aromatic N) is 1. The van der Waals surface area contributed by atoms with Gasteiger partial charge in [0, 0.05) is 0 Å². The average Bonchev–Trinajstić information content (AvgIpc) is 2.90. The SMILES string of the molecule is COc1ccc(OCCNC(=O)[C@H]2CN(S(=O)(=O)c3ccccc3)c3cc(C(C)(C)C)ccc3O2)cc1. The Morgan fingerprint density at radius 3 is 2.35 bits per heavy atom. The van der Waals surface area contributed by atoms with Crippen molar-refractivity contribution >= 4 is 21.6 Å². The minimum Gasteiger partial charge on any atom is -0.497 e. The third kappa shape index (κ3) is 5.99. The zero-order valence-corrected chi connectivity index (χ0v) is 22.2. The first kappa shape index (κ1) is 26.3. The highest BCUT2D eigenvalue weighted by molar-refractivity contribution is 7.92. The minimum atomic E-state index is -3.93. The van der Waals surface area contributed by atoms with Crippen molar-refractivity contribution in [2.24, 2.45) is 0 Å². The summed E-state index contributed by atoms with van der Waals surface area (Å²) in [6, 6.07) is 20.8. The monoisotopic (exact) mass is 524 g/mol. The van der Waals surface area contributed by atoms with E-state index in [1.54, 1.807) is 67.8 Å². The number of nitrogens with one attached hydrogen (secondary N) is 1. The molecule has 3 aromatic rings. The van der Waals surface area contributed by atoms with E-state index in [1.807, 2.05) is 12.1 Å². The van der Waals surface area contributed by atoms with Crippen LogP contribution in [0.2, 0.25) is 0 Å². The van der Waals surface area contributed by atoms with Crippen LogP contribution in [0.5, 0.6) is 17.2 Å². The van der Waals surface area contributed by atoms with E-state index in [1.165, 1.54) is 4.31 Å². The number of anilines is 1. The van der Waals surface area contributed by atoms with Gasteiger partial charge in [0.15, 0.2) is 6.10 Å². The second-order valence-electron chi connectivity index (χ2n) is 9.70. The molecule has 0 fully saturated rings. The summed E-state index contributed by atoms with van der Waals surface area (Å²) >= 11 is 0. The van der Waals surface area contributed by atoms with E-state index in [4.69, 9.17) is 14.2 Å². The van der Waals surface area contributed by atoms with Crippen molar-refractivity contribution in [3.05, 3.63) is 78.4 Å². The molecule has 0 aromatic heterocycles. The van der Waals surface area contributed by atoms with Gasteiger partial charge < -0.3 is 19.5 Å². The van der Waals surface area contributed by atoms with Crippen LogP contribution < -0.4 is 23.8 Å². The van der Waals surface area contributed by atoms with Crippen molar-refractivity contribution in [2.45, 2.75) is 37.2 Å². The molecule has 1 aliphatic heterocycles. The molecular formula is C28H32N2O6S. The van der Waals surface area contributed by atoms with Crippen molar-refractivity contribution in [2.75, 3.05) is 31.1 Å². The Morgan fingerprint density at radius 1 is 1.03 bits per heavy atom. The molecule has 3 aromatic carbocycles. The molecule has 9 heteroatoms. The van der Waals surface area contributed by atoms with Gasteiger partial charge in [-0.1, -0.05) is 45.0 Å². The second-order valence-corrected chi connectivity index (χ2v) is 11.6. The van der Waals surface area contributed by atoms with Crippen molar-refractivity contribution in [1.82, 2.24) is 5.32 Å². The Labute approximate surface area is 218 Å². The molecule has 1 N–H and O–H groups in total. The molecule has 37 heavy (non-hydrogen) atoms. The second kappa shape index (κ2) is 10.7. The first-order chi connectivity index (χ1) is 17.6. The average molecular weight is 525 g/mol. The van der Waals surface area contributed by atoms with Crippen LogP contribution in [0.1, 0.15) is 26.3 Å². The lowest BCUT2D eigenvalue weighted by Crippen LogP contribution is -2.51. The summed E-state index contributed by atoms with van der Waals surface area (Å²) in [4.78, 5) is 13.2. The maximum atomic E-state index is 13.7. The maximum absolute atomic E-state index is 13.7. The number of benzene rings is 3. The highest BCUT2D eigenvalue weighted by Crippen LogP contribution is 2.40. The van der Waals surface area contributed by atoms with Gasteiger partial charge in [-0.2, -0.15) is 0 Å². The van der Waals surface area contributed by atoms with E-state index in [-0.39, 0.29) is 30.0 Å². The molecule has 0 bridgehead atoms. The van der Waals surface area contributed by atoms with Crippen molar-refractivity contribution in [3.63, 3.8) is 0 Å². The van der Waals surface area contributed by atoms with Gasteiger partial charge in [-0.15, -0.1) is 0 Å². The lowest BCUT2D eigenvalue weighted by atomic mass is 9.86. The molecule has 0 saturated carbocycles. The highest BCUT2D eigenvalue weighted by atomic mass is 32.2. The Morgan fingerprint density at radius 2 is 1.70 bits per heavy atom. The molecular weight excluding hydrogens is 492 g/mol. The zero-order chi connectivity index (χ0) is 26.6. The summed E-state index contributed by atoms with van der Waals surface area (Å²) in [5.74, 6) is 1.29. The van der Waals surface area contributed by atoms with E-state index in [2.05, 4.69) is 26.1 Å². The molecule has 0 aliphatic carbocycles. The number of methoxy groups -OCH3 is 1. The standard InChI is InChI=1S/C28H32N2O6S/c1-28(2,3)20-10-15-25-24(18-20)30(37(32,33)23-8-6-5-7-9-23)19-26(36-25)27(31)29-16-17-35-22-13-11-21(34-4)12-14-22/h5-15,18,26H,16-17,19H2,1-4H3,(H,29,31)/t26-/m1/s1. The molecule has 1 amide bonds. The summed E-state index contributed by atoms with van der Waals surface area (Å²) in [7, 11) is -2.34. The van der Waals surface area contributed by atoms with E-state index in [9.17, 15) is 13.2 Å². The normalized spacial score (nSPS) is 15.4. The molecule has 1 heterocycles. The minimum absolute atomic E-state index is 0.149. The topological polar surface area (TPSA) is 94.2 Å². The molecule has 0 saturated heterocycles. The molecule has 4 rings (SSSR count). The fraction of sp³-hybridized carbons (Fsp3) is 0.321. The lowest BCUT2D eigenvalue weighted by Gasteiger charge is -2.36. The summed E-state index contributed by atoms with van der Waals surface area (Å²) in [6.07, 6.45) is -1.02. The van der Waals surface area contributed by atoms with Gasteiger partial charge in [-0.05, 0) is 59.5 Å². The van der Waals surface area contributed by atoms with Crippen molar-refractivity contribution in [3.8, 4) is 17.2 Å². The zero-order valence-electron chi connectivity index (χ0n) is 21.4. The Hall–Kier alpha value is -3.72. The number of hydrogen-bond donors (Lipinski definition) is 1. The largest absolute Gasteiger partial charge is 0.497 e. The number of ether oxygens (including phenoxy) is 3. The fourth-order valence-corrected chi connectivity index (χ4v) is 5.42. The summed E-state index contributed by atoms with van der Waals surface area (Å²) in [6.45, 7) is 6.48. The van der Waals surface area contributed by atoms with Crippen LogP contribution in [0.4, 0.5) is 5.69 Å². The molecule has 196 valence electrons. The van der Waals surface area contributed by atoms with E-state index < -0.39 is 22.0 Å². The molecule has 0 radical (unpaired) electrons. The number of sulfonamides is 1. The van der Waals surface area contributed by atoms with Crippen LogP contribution in [0.3, 0.4) is 0 Å². The quantitative estimate of drug-likeness (QED) is 0.445. The Bertz CT molecular complexity index is 1340. The molecule has 8 nitrogen and oxygen atoms in total. The lowest BCUT2D eigenvalue weighted by molar-refractivity contribution is -0.127. The van der Waals surface area contributed by atoms with Crippen molar-refractivity contribution < 1.29 is 27.4 Å². The van der Waals surface area contributed by atoms with Gasteiger partial charge in [0.1, 0.15) is 23.9 Å². The Kier molecular flexibility index (Phi) is 7.63. The van der Waals surface area contributed by atoms with Gasteiger partial charge in [-0.25, -0.2) is 8.42 Å². The molecule has 0 spiro atoms. The van der Waals surface area contributed by atoms with E-state index in [0.717, 1.165) is 11.3 Å². The number of carbonyl (C=O) groups is 1. The van der Waals surface area contributed by atoms with Crippen LogP contribution in [-0.4, -0.2) is 47.2 Å². The number of hydrogen-bond acceptors (Lipinski definition) is 6. The summed E-state index contributed by atoms with van der Waals surface area (Å²) in [5.41, 5.74) is 1.18. The van der Waals surface area contributed by atoms with Gasteiger partial charge in [0.25, 0.3) is 15.9 Å². The van der Waals surface area contributed by atoms with Crippen LogP contribution in [-0.2, 0) is 20.2 Å². The number of fused-ring (bicyclic) bond motifs is 1. The van der Waals surface area contributed by atoms with Crippen molar-refractivity contribution in [1.29, 1.82) is 0 Å². The van der Waals surface area contributed by atoms with Gasteiger partial charge in [-0.3, -0.25) is 9.10 Å². The Balaban J connectivity index is 1.51. The van der Waals surface area contributed by atoms with Crippen LogP contribution in [0.15, 0.2) is 77.7 Å². The highest BCUT2D eigenvalue weighted by Gasteiger charge is 2.38. The van der Waals surface area contributed by atoms with Gasteiger partial charge in [0.05, 0.1) is 30.8 Å². The maximum Gasteiger partial charge on any atom is 0.264 e. The fourth-order valence-electron chi connectivity index (χ4n) is 3.93. The summed E-state index contributed by atoms with van der Waals surface area (Å²) < 4.78 is 45.4. The van der Waals surface area contributed by atoms with Crippen LogP contribution >= 0.6 is 0 Å².